The summed E-state index contributed by atoms with van der Waals surface area (Å²) in [6.07, 6.45) is 4.22. The van der Waals surface area contributed by atoms with Crippen LogP contribution >= 0.6 is 0 Å². The molecule has 0 unspecified atom stereocenters. The molecule has 0 fully saturated rings. The van der Waals surface area contributed by atoms with E-state index < -0.39 is 0 Å². The summed E-state index contributed by atoms with van der Waals surface area (Å²) in [4.78, 5) is 20.5. The van der Waals surface area contributed by atoms with Gasteiger partial charge in [-0.05, 0) is 79.9 Å². The van der Waals surface area contributed by atoms with E-state index in [1.54, 1.807) is 6.08 Å². The Kier molecular flexibility index (Phi) is 6.36. The molecule has 2 N–H and O–H groups in total. The predicted octanol–water partition coefficient (Wildman–Crippen LogP) is 6.29. The molecule has 3 aromatic carbocycles. The molecule has 0 saturated heterocycles. The minimum absolute atomic E-state index is 0.197. The first-order valence-corrected chi connectivity index (χ1v) is 10.8. The fourth-order valence-electron chi connectivity index (χ4n) is 3.43. The van der Waals surface area contributed by atoms with Crippen LogP contribution in [0, 0.1) is 13.8 Å². The van der Waals surface area contributed by atoms with Crippen LogP contribution < -0.4 is 10.1 Å². The van der Waals surface area contributed by atoms with Gasteiger partial charge in [-0.2, -0.15) is 0 Å². The molecule has 1 aromatic heterocycles. The third kappa shape index (κ3) is 4.89. The number of fused-ring (bicyclic) bond motifs is 1. The highest BCUT2D eigenvalue weighted by Gasteiger charge is 2.08. The van der Waals surface area contributed by atoms with Crippen molar-refractivity contribution >= 4 is 28.7 Å². The number of nitrogens with zero attached hydrogens (tertiary/aromatic N) is 1. The summed E-state index contributed by atoms with van der Waals surface area (Å²) < 4.78 is 5.74. The van der Waals surface area contributed by atoms with Gasteiger partial charge < -0.3 is 15.0 Å². The van der Waals surface area contributed by atoms with E-state index in [0.29, 0.717) is 6.61 Å². The van der Waals surface area contributed by atoms with Crippen LogP contribution in [0.25, 0.3) is 28.5 Å². The number of amides is 1. The number of ether oxygens (including phenoxy) is 1. The normalized spacial score (nSPS) is 11.2. The van der Waals surface area contributed by atoms with Crippen molar-refractivity contribution in [3.8, 4) is 17.1 Å². The SMILES string of the molecule is CCCOc1ccccc1/C=C/C(=O)Nc1ccc(-c2nc3cc(C)c(C)cc3[nH]2)cc1. The van der Waals surface area contributed by atoms with Crippen LogP contribution in [-0.4, -0.2) is 22.5 Å². The lowest BCUT2D eigenvalue weighted by molar-refractivity contribution is -0.111. The number of nitrogens with one attached hydrogen (secondary N) is 2. The van der Waals surface area contributed by atoms with Crippen molar-refractivity contribution < 1.29 is 9.53 Å². The van der Waals surface area contributed by atoms with Gasteiger partial charge >= 0.3 is 0 Å². The Hall–Kier alpha value is -3.86. The smallest absolute Gasteiger partial charge is 0.248 e. The van der Waals surface area contributed by atoms with Gasteiger partial charge in [-0.15, -0.1) is 0 Å². The van der Waals surface area contributed by atoms with Crippen molar-refractivity contribution in [1.29, 1.82) is 0 Å². The topological polar surface area (TPSA) is 67.0 Å². The van der Waals surface area contributed by atoms with Crippen LogP contribution in [0.15, 0.2) is 66.7 Å². The number of aromatic nitrogens is 2. The van der Waals surface area contributed by atoms with Crippen LogP contribution in [-0.2, 0) is 4.79 Å². The fourth-order valence-corrected chi connectivity index (χ4v) is 3.43. The van der Waals surface area contributed by atoms with Crippen molar-refractivity contribution in [2.75, 3.05) is 11.9 Å². The van der Waals surface area contributed by atoms with E-state index in [4.69, 9.17) is 9.72 Å². The maximum absolute atomic E-state index is 12.4. The second-order valence-corrected chi connectivity index (χ2v) is 7.83. The Labute approximate surface area is 188 Å². The molecular formula is C27H27N3O2. The lowest BCUT2D eigenvalue weighted by Gasteiger charge is -2.07. The molecule has 0 aliphatic rings. The lowest BCUT2D eigenvalue weighted by Crippen LogP contribution is -2.07. The monoisotopic (exact) mass is 425 g/mol. The Morgan fingerprint density at radius 3 is 2.59 bits per heavy atom. The zero-order chi connectivity index (χ0) is 22.5. The summed E-state index contributed by atoms with van der Waals surface area (Å²) >= 11 is 0. The van der Waals surface area contributed by atoms with E-state index in [1.807, 2.05) is 48.5 Å². The molecule has 0 aliphatic carbocycles. The van der Waals surface area contributed by atoms with E-state index in [-0.39, 0.29) is 5.91 Å². The molecule has 0 bridgehead atoms. The molecule has 4 rings (SSSR count). The van der Waals surface area contributed by atoms with E-state index in [0.717, 1.165) is 45.8 Å². The Morgan fingerprint density at radius 2 is 1.81 bits per heavy atom. The number of hydrogen-bond acceptors (Lipinski definition) is 3. The van der Waals surface area contributed by atoms with Crippen LogP contribution in [0.4, 0.5) is 5.69 Å². The van der Waals surface area contributed by atoms with E-state index in [9.17, 15) is 4.79 Å². The minimum atomic E-state index is -0.197. The standard InChI is InChI=1S/C27H27N3O2/c1-4-15-32-25-8-6-5-7-20(25)11-14-26(31)28-22-12-9-21(10-13-22)27-29-23-16-18(2)19(3)17-24(23)30-27/h5-14,16-17H,4,15H2,1-3H3,(H,28,31)(H,29,30)/b14-11+. The molecule has 162 valence electrons. The Morgan fingerprint density at radius 1 is 1.06 bits per heavy atom. The zero-order valence-electron chi connectivity index (χ0n) is 18.6. The van der Waals surface area contributed by atoms with Gasteiger partial charge in [-0.3, -0.25) is 4.79 Å². The summed E-state index contributed by atoms with van der Waals surface area (Å²) in [6.45, 7) is 6.89. The number of benzene rings is 3. The largest absolute Gasteiger partial charge is 0.493 e. The minimum Gasteiger partial charge on any atom is -0.493 e. The molecular weight excluding hydrogens is 398 g/mol. The summed E-state index contributed by atoms with van der Waals surface area (Å²) in [6, 6.07) is 19.6. The third-order valence-corrected chi connectivity index (χ3v) is 5.32. The number of hydrogen-bond donors (Lipinski definition) is 2. The van der Waals surface area contributed by atoms with Gasteiger partial charge in [0.2, 0.25) is 5.91 Å². The van der Waals surface area contributed by atoms with E-state index in [1.165, 1.54) is 17.2 Å². The average molecular weight is 426 g/mol. The highest BCUT2D eigenvalue weighted by atomic mass is 16.5. The molecule has 32 heavy (non-hydrogen) atoms. The summed E-state index contributed by atoms with van der Waals surface area (Å²) in [5, 5.41) is 2.90. The number of para-hydroxylation sites is 1. The summed E-state index contributed by atoms with van der Waals surface area (Å²) in [7, 11) is 0. The highest BCUT2D eigenvalue weighted by Crippen LogP contribution is 2.24. The van der Waals surface area contributed by atoms with Crippen LogP contribution in [0.1, 0.15) is 30.0 Å². The highest BCUT2D eigenvalue weighted by molar-refractivity contribution is 6.02. The molecule has 5 heteroatoms. The van der Waals surface area contributed by atoms with Crippen molar-refractivity contribution in [3.05, 3.63) is 83.4 Å². The Balaban J connectivity index is 1.44. The second-order valence-electron chi connectivity index (χ2n) is 7.83. The quantitative estimate of drug-likeness (QED) is 0.342. The number of carbonyl (C=O) groups excluding carboxylic acids is 1. The molecule has 0 saturated carbocycles. The number of carbonyl (C=O) groups is 1. The summed E-state index contributed by atoms with van der Waals surface area (Å²) in [5.74, 6) is 1.39. The van der Waals surface area contributed by atoms with Crippen molar-refractivity contribution in [1.82, 2.24) is 9.97 Å². The maximum Gasteiger partial charge on any atom is 0.248 e. The molecule has 0 aliphatic heterocycles. The molecule has 5 nitrogen and oxygen atoms in total. The Bertz CT molecular complexity index is 1230. The molecule has 1 amide bonds. The molecule has 0 atom stereocenters. The van der Waals surface area contributed by atoms with Gasteiger partial charge in [-0.1, -0.05) is 25.1 Å². The van der Waals surface area contributed by atoms with Gasteiger partial charge in [0.05, 0.1) is 17.6 Å². The number of aryl methyl sites for hydroxylation is 2. The molecule has 0 radical (unpaired) electrons. The molecule has 4 aromatic rings. The summed E-state index contributed by atoms with van der Waals surface area (Å²) in [5.41, 5.74) is 7.00. The fraction of sp³-hybridized carbons (Fsp3) is 0.185. The molecule has 0 spiro atoms. The van der Waals surface area contributed by atoms with Gasteiger partial charge in [0, 0.05) is 22.9 Å². The van der Waals surface area contributed by atoms with Crippen LogP contribution in [0.3, 0.4) is 0 Å². The first-order valence-electron chi connectivity index (χ1n) is 10.8. The van der Waals surface area contributed by atoms with Gasteiger partial charge in [0.1, 0.15) is 11.6 Å². The number of imidazole rings is 1. The average Bonchev–Trinajstić information content (AvgIpc) is 3.20. The molecule has 1 heterocycles. The van der Waals surface area contributed by atoms with Crippen LogP contribution in [0.2, 0.25) is 0 Å². The number of H-pyrrole nitrogens is 1. The van der Waals surface area contributed by atoms with Crippen molar-refractivity contribution in [2.24, 2.45) is 0 Å². The van der Waals surface area contributed by atoms with Crippen molar-refractivity contribution in [3.63, 3.8) is 0 Å². The predicted molar refractivity (Wildman–Crippen MR) is 131 cm³/mol. The van der Waals surface area contributed by atoms with Crippen LogP contribution in [0.5, 0.6) is 5.75 Å². The van der Waals surface area contributed by atoms with Gasteiger partial charge in [-0.25, -0.2) is 4.98 Å². The van der Waals surface area contributed by atoms with Crippen molar-refractivity contribution in [2.45, 2.75) is 27.2 Å². The number of aromatic amines is 1. The lowest BCUT2D eigenvalue weighted by atomic mass is 10.1. The van der Waals surface area contributed by atoms with Gasteiger partial charge in [0.15, 0.2) is 0 Å². The maximum atomic E-state index is 12.4. The first kappa shape index (κ1) is 21.4. The third-order valence-electron chi connectivity index (χ3n) is 5.32. The first-order chi connectivity index (χ1) is 15.5. The number of anilines is 1. The second kappa shape index (κ2) is 9.52. The van der Waals surface area contributed by atoms with E-state index >= 15 is 0 Å². The van der Waals surface area contributed by atoms with Gasteiger partial charge in [0.25, 0.3) is 0 Å². The zero-order valence-corrected chi connectivity index (χ0v) is 18.6. The number of rotatable bonds is 7. The van der Waals surface area contributed by atoms with E-state index in [2.05, 4.69) is 43.2 Å².